The van der Waals surface area contributed by atoms with Crippen molar-refractivity contribution < 1.29 is 13.9 Å². The van der Waals surface area contributed by atoms with Crippen LogP contribution in [0.5, 0.6) is 0 Å². The van der Waals surface area contributed by atoms with E-state index in [0.717, 1.165) is 12.1 Å². The number of rotatable bonds is 3. The van der Waals surface area contributed by atoms with Gasteiger partial charge in [0.05, 0.1) is 5.88 Å². The average molecular weight is 221 g/mol. The van der Waals surface area contributed by atoms with Gasteiger partial charge < -0.3 is 5.11 Å². The van der Waals surface area contributed by atoms with Crippen molar-refractivity contribution in [3.63, 3.8) is 0 Å². The van der Waals surface area contributed by atoms with Crippen LogP contribution >= 0.6 is 11.6 Å². The molecule has 0 bridgehead atoms. The molecule has 0 saturated carbocycles. The van der Waals surface area contributed by atoms with Gasteiger partial charge in [0.1, 0.15) is 17.2 Å². The number of hydrogen-bond acceptors (Lipinski definition) is 1. The maximum atomic E-state index is 13.3. The number of alkyl halides is 1. The summed E-state index contributed by atoms with van der Waals surface area (Å²) in [5.74, 6) is -1.55. The Hall–Kier alpha value is -0.670. The van der Waals surface area contributed by atoms with E-state index in [-0.39, 0.29) is 17.9 Å². The van der Waals surface area contributed by atoms with Crippen molar-refractivity contribution in [3.8, 4) is 0 Å². The Morgan fingerprint density at radius 2 is 2.07 bits per heavy atom. The highest BCUT2D eigenvalue weighted by Gasteiger charge is 2.29. The highest BCUT2D eigenvalue weighted by Crippen LogP contribution is 2.28. The van der Waals surface area contributed by atoms with E-state index in [9.17, 15) is 13.9 Å². The van der Waals surface area contributed by atoms with Crippen LogP contribution in [0.4, 0.5) is 8.78 Å². The largest absolute Gasteiger partial charge is 0.384 e. The lowest BCUT2D eigenvalue weighted by Crippen LogP contribution is -2.28. The number of hydrogen-bond donors (Lipinski definition) is 1. The second-order valence-electron chi connectivity index (χ2n) is 3.14. The van der Waals surface area contributed by atoms with Gasteiger partial charge in [0.2, 0.25) is 0 Å². The summed E-state index contributed by atoms with van der Waals surface area (Å²) < 4.78 is 25.9. The quantitative estimate of drug-likeness (QED) is 0.777. The van der Waals surface area contributed by atoms with Gasteiger partial charge in [0, 0.05) is 11.6 Å². The molecule has 0 fully saturated rings. The van der Waals surface area contributed by atoms with Crippen LogP contribution < -0.4 is 0 Å². The standard InChI is InChI=1S/C10H11ClF2O/c1-2-10(14,6-11)8-4-3-7(12)5-9(8)13/h3-5,14H,2,6H2,1H3. The second-order valence-corrected chi connectivity index (χ2v) is 3.41. The average Bonchev–Trinajstić information content (AvgIpc) is 2.17. The van der Waals surface area contributed by atoms with E-state index in [4.69, 9.17) is 11.6 Å². The van der Waals surface area contributed by atoms with Crippen molar-refractivity contribution in [2.24, 2.45) is 0 Å². The third-order valence-electron chi connectivity index (χ3n) is 2.24. The molecule has 4 heteroatoms. The first-order valence-electron chi connectivity index (χ1n) is 4.27. The molecule has 1 rings (SSSR count). The molecule has 1 aromatic carbocycles. The highest BCUT2D eigenvalue weighted by molar-refractivity contribution is 6.18. The van der Waals surface area contributed by atoms with Gasteiger partial charge in [0.15, 0.2) is 0 Å². The molecule has 14 heavy (non-hydrogen) atoms. The Bertz CT molecular complexity index is 324. The molecule has 0 radical (unpaired) electrons. The molecule has 0 aliphatic heterocycles. The summed E-state index contributed by atoms with van der Waals surface area (Å²) in [7, 11) is 0. The lowest BCUT2D eigenvalue weighted by molar-refractivity contribution is 0.0530. The molecule has 1 aromatic rings. The van der Waals surface area contributed by atoms with Crippen LogP contribution in [0.25, 0.3) is 0 Å². The van der Waals surface area contributed by atoms with E-state index in [1.807, 2.05) is 0 Å². The summed E-state index contributed by atoms with van der Waals surface area (Å²) in [6.07, 6.45) is 0.277. The fourth-order valence-corrected chi connectivity index (χ4v) is 1.56. The third-order valence-corrected chi connectivity index (χ3v) is 2.68. The maximum Gasteiger partial charge on any atom is 0.132 e. The zero-order valence-electron chi connectivity index (χ0n) is 7.73. The summed E-state index contributed by atoms with van der Waals surface area (Å²) >= 11 is 5.54. The first-order valence-corrected chi connectivity index (χ1v) is 4.81. The predicted octanol–water partition coefficient (Wildman–Crippen LogP) is 2.80. The third kappa shape index (κ3) is 2.04. The number of benzene rings is 1. The minimum atomic E-state index is -1.42. The molecule has 0 aromatic heterocycles. The van der Waals surface area contributed by atoms with Crippen LogP contribution in [-0.4, -0.2) is 11.0 Å². The Kier molecular flexibility index (Phi) is 3.45. The second kappa shape index (κ2) is 4.24. The SMILES string of the molecule is CCC(O)(CCl)c1ccc(F)cc1F. The number of halogens is 3. The van der Waals surface area contributed by atoms with Crippen LogP contribution in [0, 0.1) is 11.6 Å². The molecule has 78 valence electrons. The topological polar surface area (TPSA) is 20.2 Å². The normalized spacial score (nSPS) is 15.2. The van der Waals surface area contributed by atoms with Gasteiger partial charge in [-0.3, -0.25) is 0 Å². The van der Waals surface area contributed by atoms with Gasteiger partial charge in [0.25, 0.3) is 0 Å². The Morgan fingerprint density at radius 1 is 1.43 bits per heavy atom. The van der Waals surface area contributed by atoms with Gasteiger partial charge >= 0.3 is 0 Å². The van der Waals surface area contributed by atoms with Crippen molar-refractivity contribution in [2.45, 2.75) is 18.9 Å². The lowest BCUT2D eigenvalue weighted by atomic mass is 9.93. The van der Waals surface area contributed by atoms with Gasteiger partial charge in [-0.25, -0.2) is 8.78 Å². The summed E-state index contributed by atoms with van der Waals surface area (Å²) in [4.78, 5) is 0. The van der Waals surface area contributed by atoms with Gasteiger partial charge in [-0.15, -0.1) is 11.6 Å². The van der Waals surface area contributed by atoms with E-state index in [1.165, 1.54) is 6.07 Å². The van der Waals surface area contributed by atoms with Gasteiger partial charge in [-0.05, 0) is 12.5 Å². The Balaban J connectivity index is 3.17. The minimum Gasteiger partial charge on any atom is -0.384 e. The summed E-state index contributed by atoms with van der Waals surface area (Å²) in [5, 5.41) is 9.88. The zero-order chi connectivity index (χ0) is 10.8. The fraction of sp³-hybridized carbons (Fsp3) is 0.400. The molecule has 0 saturated heterocycles. The molecule has 1 N–H and O–H groups in total. The van der Waals surface area contributed by atoms with E-state index in [0.29, 0.717) is 0 Å². The van der Waals surface area contributed by atoms with Crippen LogP contribution in [0.2, 0.25) is 0 Å². The van der Waals surface area contributed by atoms with Crippen LogP contribution in [0.3, 0.4) is 0 Å². The van der Waals surface area contributed by atoms with Crippen LogP contribution in [-0.2, 0) is 5.60 Å². The maximum absolute atomic E-state index is 13.3. The Morgan fingerprint density at radius 3 is 2.50 bits per heavy atom. The van der Waals surface area contributed by atoms with Crippen molar-refractivity contribution in [1.29, 1.82) is 0 Å². The summed E-state index contributed by atoms with van der Waals surface area (Å²) in [6.45, 7) is 1.69. The van der Waals surface area contributed by atoms with Crippen LogP contribution in [0.15, 0.2) is 18.2 Å². The molecule has 0 amide bonds. The fourth-order valence-electron chi connectivity index (χ4n) is 1.22. The smallest absolute Gasteiger partial charge is 0.132 e. The van der Waals surface area contributed by atoms with Gasteiger partial charge in [-0.1, -0.05) is 13.0 Å². The highest BCUT2D eigenvalue weighted by atomic mass is 35.5. The Labute approximate surface area is 86.3 Å². The van der Waals surface area contributed by atoms with Gasteiger partial charge in [-0.2, -0.15) is 0 Å². The van der Waals surface area contributed by atoms with Crippen molar-refractivity contribution >= 4 is 11.6 Å². The molecule has 1 unspecified atom stereocenters. The first-order chi connectivity index (χ1) is 6.53. The molecule has 0 spiro atoms. The molecule has 1 nitrogen and oxygen atoms in total. The van der Waals surface area contributed by atoms with Crippen molar-refractivity contribution in [1.82, 2.24) is 0 Å². The summed E-state index contributed by atoms with van der Waals surface area (Å²) in [5.41, 5.74) is -1.38. The molecule has 0 aliphatic carbocycles. The molecular weight excluding hydrogens is 210 g/mol. The molecule has 0 heterocycles. The molecule has 1 atom stereocenters. The zero-order valence-corrected chi connectivity index (χ0v) is 8.48. The molecule has 0 aliphatic rings. The predicted molar refractivity (Wildman–Crippen MR) is 51.3 cm³/mol. The van der Waals surface area contributed by atoms with E-state index in [2.05, 4.69) is 0 Å². The van der Waals surface area contributed by atoms with Crippen LogP contribution in [0.1, 0.15) is 18.9 Å². The minimum absolute atomic E-state index is 0.0383. The number of aliphatic hydroxyl groups is 1. The lowest BCUT2D eigenvalue weighted by Gasteiger charge is -2.24. The summed E-state index contributed by atoms with van der Waals surface area (Å²) in [6, 6.07) is 3.06. The van der Waals surface area contributed by atoms with E-state index in [1.54, 1.807) is 6.92 Å². The monoisotopic (exact) mass is 220 g/mol. The van der Waals surface area contributed by atoms with Crippen molar-refractivity contribution in [2.75, 3.05) is 5.88 Å². The molecular formula is C10H11ClF2O. The van der Waals surface area contributed by atoms with Crippen molar-refractivity contribution in [3.05, 3.63) is 35.4 Å². The van der Waals surface area contributed by atoms with E-state index < -0.39 is 17.2 Å². The van der Waals surface area contributed by atoms with E-state index >= 15 is 0 Å². The first kappa shape index (κ1) is 11.4.